The van der Waals surface area contributed by atoms with Gasteiger partial charge in [0, 0.05) is 6.42 Å². The van der Waals surface area contributed by atoms with Crippen LogP contribution in [0.15, 0.2) is 53.5 Å². The van der Waals surface area contributed by atoms with Crippen LogP contribution in [0.3, 0.4) is 0 Å². The Bertz CT molecular complexity index is 708. The number of allylic oxidation sites excluding steroid dienone is 2. The molecule has 0 aromatic heterocycles. The van der Waals surface area contributed by atoms with Gasteiger partial charge in [0.15, 0.2) is 14.6 Å². The molecule has 1 aromatic carbocycles. The van der Waals surface area contributed by atoms with Gasteiger partial charge in [-0.2, -0.15) is 5.26 Å². The first kappa shape index (κ1) is 19.1. The van der Waals surface area contributed by atoms with E-state index >= 15 is 0 Å². The van der Waals surface area contributed by atoms with E-state index in [0.717, 1.165) is 11.1 Å². The second-order valence-corrected chi connectivity index (χ2v) is 7.97. The van der Waals surface area contributed by atoms with Gasteiger partial charge in [-0.15, -0.1) is 6.58 Å². The van der Waals surface area contributed by atoms with Gasteiger partial charge in [0.2, 0.25) is 0 Å². The third-order valence-electron chi connectivity index (χ3n) is 3.47. The fraction of sp³-hybridized carbons (Fsp3) is 0.389. The number of benzene rings is 1. The summed E-state index contributed by atoms with van der Waals surface area (Å²) >= 11 is 0. The Kier molecular flexibility index (Phi) is 6.74. The summed E-state index contributed by atoms with van der Waals surface area (Å²) in [6.07, 6.45) is 3.29. The molecule has 0 bridgehead atoms. The van der Waals surface area contributed by atoms with Crippen molar-refractivity contribution in [1.82, 2.24) is 0 Å². The first-order chi connectivity index (χ1) is 10.8. The van der Waals surface area contributed by atoms with Crippen molar-refractivity contribution in [3.05, 3.63) is 54.1 Å². The Labute approximate surface area is 139 Å². The molecule has 0 aliphatic heterocycles. The van der Waals surface area contributed by atoms with E-state index in [9.17, 15) is 13.7 Å². The van der Waals surface area contributed by atoms with Gasteiger partial charge in [-0.05, 0) is 32.9 Å². The zero-order valence-electron chi connectivity index (χ0n) is 13.9. The van der Waals surface area contributed by atoms with Crippen LogP contribution in [0.1, 0.15) is 25.8 Å². The molecule has 0 amide bonds. The number of hydrogen-bond donors (Lipinski definition) is 0. The molecule has 1 unspecified atom stereocenters. The Morgan fingerprint density at radius 3 is 2.43 bits per heavy atom. The lowest BCUT2D eigenvalue weighted by molar-refractivity contribution is 0.147. The minimum Gasteiger partial charge on any atom is -0.375 e. The summed E-state index contributed by atoms with van der Waals surface area (Å²) in [4.78, 5) is 0.123. The molecule has 0 N–H and O–H groups in total. The molecule has 1 rings (SSSR count). The van der Waals surface area contributed by atoms with E-state index in [2.05, 4.69) is 6.58 Å². The van der Waals surface area contributed by atoms with Crippen molar-refractivity contribution in [3.8, 4) is 6.07 Å². The smallest absolute Gasteiger partial charge is 0.200 e. The molecule has 0 saturated carbocycles. The van der Waals surface area contributed by atoms with Crippen LogP contribution in [0.5, 0.6) is 0 Å². The van der Waals surface area contributed by atoms with E-state index in [0.29, 0.717) is 0 Å². The van der Waals surface area contributed by atoms with Crippen LogP contribution in [-0.2, 0) is 14.6 Å². The van der Waals surface area contributed by atoms with Crippen LogP contribution in [0.25, 0.3) is 0 Å². The minimum atomic E-state index is -3.87. The van der Waals surface area contributed by atoms with E-state index in [-0.39, 0.29) is 24.5 Å². The lowest BCUT2D eigenvalue weighted by Crippen LogP contribution is -2.41. The molecule has 5 heteroatoms. The number of aryl methyl sites for hydroxylation is 1. The van der Waals surface area contributed by atoms with Crippen LogP contribution in [0.4, 0.5) is 0 Å². The van der Waals surface area contributed by atoms with E-state index in [1.807, 2.05) is 32.9 Å². The van der Waals surface area contributed by atoms with Crippen LogP contribution in [0, 0.1) is 18.3 Å². The Hall–Kier alpha value is -1.90. The highest BCUT2D eigenvalue weighted by atomic mass is 32.2. The minimum absolute atomic E-state index is 0.00846. The van der Waals surface area contributed by atoms with Gasteiger partial charge in [-0.3, -0.25) is 0 Å². The van der Waals surface area contributed by atoms with E-state index in [1.165, 1.54) is 18.2 Å². The van der Waals surface area contributed by atoms with Crippen LogP contribution in [0.2, 0.25) is 0 Å². The largest absolute Gasteiger partial charge is 0.375 e. The average Bonchev–Trinajstić information content (AvgIpc) is 2.50. The number of nitriles is 1. The summed E-state index contributed by atoms with van der Waals surface area (Å²) in [6, 6.07) is 8.43. The summed E-state index contributed by atoms with van der Waals surface area (Å²) in [6.45, 7) is 9.38. The normalized spacial score (nSPS) is 13.7. The first-order valence-electron chi connectivity index (χ1n) is 7.33. The highest BCUT2D eigenvalue weighted by Crippen LogP contribution is 2.30. The molecule has 23 heavy (non-hydrogen) atoms. The molecule has 0 radical (unpaired) electrons. The van der Waals surface area contributed by atoms with Crippen LogP contribution >= 0.6 is 0 Å². The van der Waals surface area contributed by atoms with Gasteiger partial charge in [-0.25, -0.2) is 8.42 Å². The predicted molar refractivity (Wildman–Crippen MR) is 91.8 cm³/mol. The van der Waals surface area contributed by atoms with Crippen molar-refractivity contribution in [1.29, 1.82) is 5.26 Å². The third-order valence-corrected chi connectivity index (χ3v) is 5.77. The third kappa shape index (κ3) is 4.54. The summed E-state index contributed by atoms with van der Waals surface area (Å²) < 4.78 is 29.7. The number of nitrogens with zero attached hydrogens (tertiary/aromatic N) is 1. The topological polar surface area (TPSA) is 67.2 Å². The number of hydrogen-bond acceptors (Lipinski definition) is 4. The molecular weight excluding hydrogens is 310 g/mol. The number of ether oxygens (including phenoxy) is 1. The quantitative estimate of drug-likeness (QED) is 0.538. The zero-order chi connectivity index (χ0) is 17.5. The van der Waals surface area contributed by atoms with Crippen LogP contribution in [-0.4, -0.2) is 26.4 Å². The first-order valence-corrected chi connectivity index (χ1v) is 8.82. The molecule has 124 valence electrons. The van der Waals surface area contributed by atoms with E-state index in [1.54, 1.807) is 12.1 Å². The molecule has 0 fully saturated rings. The van der Waals surface area contributed by atoms with E-state index < -0.39 is 14.6 Å². The highest BCUT2D eigenvalue weighted by Gasteiger charge is 2.44. The van der Waals surface area contributed by atoms with Gasteiger partial charge >= 0.3 is 0 Å². The van der Waals surface area contributed by atoms with Crippen molar-refractivity contribution in [2.45, 2.75) is 36.8 Å². The second kappa shape index (κ2) is 8.09. The second-order valence-electron chi connectivity index (χ2n) is 5.71. The molecular formula is C18H23NO3S. The van der Waals surface area contributed by atoms with Gasteiger partial charge in [0.05, 0.1) is 24.2 Å². The Balaban J connectivity index is 3.18. The maximum atomic E-state index is 12.9. The van der Waals surface area contributed by atoms with E-state index in [4.69, 9.17) is 4.74 Å². The number of rotatable bonds is 8. The molecule has 0 spiro atoms. The van der Waals surface area contributed by atoms with Gasteiger partial charge < -0.3 is 4.74 Å². The van der Waals surface area contributed by atoms with Gasteiger partial charge in [0.25, 0.3) is 0 Å². The molecule has 0 aliphatic carbocycles. The summed E-state index contributed by atoms with van der Waals surface area (Å²) in [7, 11) is -3.87. The molecule has 0 saturated heterocycles. The van der Waals surface area contributed by atoms with Gasteiger partial charge in [-0.1, -0.05) is 35.4 Å². The van der Waals surface area contributed by atoms with Crippen LogP contribution < -0.4 is 0 Å². The summed E-state index contributed by atoms with van der Waals surface area (Å²) in [5, 5.41) is 9.60. The molecule has 1 aromatic rings. The zero-order valence-corrected chi connectivity index (χ0v) is 14.7. The predicted octanol–water partition coefficient (Wildman–Crippen LogP) is 3.59. The van der Waals surface area contributed by atoms with Crippen molar-refractivity contribution in [2.24, 2.45) is 0 Å². The molecule has 0 heterocycles. The molecule has 1 atom stereocenters. The fourth-order valence-electron chi connectivity index (χ4n) is 2.01. The van der Waals surface area contributed by atoms with Crippen molar-refractivity contribution in [2.75, 3.05) is 13.2 Å². The lowest BCUT2D eigenvalue weighted by atomic mass is 10.1. The Morgan fingerprint density at radius 1 is 1.35 bits per heavy atom. The summed E-state index contributed by atoms with van der Waals surface area (Å²) in [5.41, 5.74) is 2.02. The standard InChI is InChI=1S/C18H23NO3S/c1-5-11-18(13-19,14-22-12-10-15(2)3)23(20,21)17-8-6-16(4)7-9-17/h5-10H,1,11-12,14H2,2-4H3. The lowest BCUT2D eigenvalue weighted by Gasteiger charge is -2.25. The van der Waals surface area contributed by atoms with Crippen molar-refractivity contribution < 1.29 is 13.2 Å². The monoisotopic (exact) mass is 333 g/mol. The molecule has 4 nitrogen and oxygen atoms in total. The summed E-state index contributed by atoms with van der Waals surface area (Å²) in [5.74, 6) is 0. The average molecular weight is 333 g/mol. The number of sulfone groups is 1. The molecule has 0 aliphatic rings. The maximum absolute atomic E-state index is 12.9. The maximum Gasteiger partial charge on any atom is 0.200 e. The SMILES string of the molecule is C=CCC(C#N)(COCC=C(C)C)S(=O)(=O)c1ccc(C)cc1. The van der Waals surface area contributed by atoms with Crippen molar-refractivity contribution in [3.63, 3.8) is 0 Å². The van der Waals surface area contributed by atoms with Gasteiger partial charge in [0.1, 0.15) is 0 Å². The fourth-order valence-corrected chi connectivity index (χ4v) is 3.65. The van der Waals surface area contributed by atoms with Crippen molar-refractivity contribution >= 4 is 9.84 Å². The Morgan fingerprint density at radius 2 is 1.96 bits per heavy atom. The highest BCUT2D eigenvalue weighted by molar-refractivity contribution is 7.93.